The highest BCUT2D eigenvalue weighted by Gasteiger charge is 2.37. The summed E-state index contributed by atoms with van der Waals surface area (Å²) in [6.45, 7) is 0.190. The van der Waals surface area contributed by atoms with Gasteiger partial charge in [-0.2, -0.15) is 0 Å². The van der Waals surface area contributed by atoms with Crippen molar-refractivity contribution in [2.75, 3.05) is 7.11 Å². The smallest absolute Gasteiger partial charge is 0.134 e. The zero-order valence-electron chi connectivity index (χ0n) is 11.8. The first-order valence-corrected chi connectivity index (χ1v) is 6.99. The van der Waals surface area contributed by atoms with Gasteiger partial charge in [-0.3, -0.25) is 0 Å². The van der Waals surface area contributed by atoms with E-state index in [-0.39, 0.29) is 23.9 Å². The Morgan fingerprint density at radius 2 is 1.81 bits per heavy atom. The van der Waals surface area contributed by atoms with Crippen LogP contribution in [0.2, 0.25) is 0 Å². The SMILES string of the molecule is COc1cc(F)c(CN[C@@H]2C[C@H]2c2ccccc2)c(F)c1. The molecule has 1 fully saturated rings. The average molecular weight is 289 g/mol. The Morgan fingerprint density at radius 3 is 2.43 bits per heavy atom. The summed E-state index contributed by atoms with van der Waals surface area (Å²) >= 11 is 0. The molecule has 2 nitrogen and oxygen atoms in total. The van der Waals surface area contributed by atoms with Crippen molar-refractivity contribution in [3.63, 3.8) is 0 Å². The third-order valence-corrected chi connectivity index (χ3v) is 3.91. The van der Waals surface area contributed by atoms with E-state index in [1.165, 1.54) is 24.8 Å². The fourth-order valence-electron chi connectivity index (χ4n) is 2.59. The number of halogens is 2. The summed E-state index contributed by atoms with van der Waals surface area (Å²) < 4.78 is 32.5. The maximum Gasteiger partial charge on any atom is 0.134 e. The molecular weight excluding hydrogens is 272 g/mol. The maximum absolute atomic E-state index is 13.8. The van der Waals surface area contributed by atoms with Crippen molar-refractivity contribution in [1.82, 2.24) is 5.32 Å². The molecule has 21 heavy (non-hydrogen) atoms. The van der Waals surface area contributed by atoms with Crippen molar-refractivity contribution in [2.45, 2.75) is 24.9 Å². The van der Waals surface area contributed by atoms with E-state index in [1.807, 2.05) is 18.2 Å². The molecule has 0 saturated heterocycles. The summed E-state index contributed by atoms with van der Waals surface area (Å²) in [5.74, 6) is -0.509. The topological polar surface area (TPSA) is 21.3 Å². The second-order valence-electron chi connectivity index (χ2n) is 5.31. The number of rotatable bonds is 5. The number of nitrogens with one attached hydrogen (secondary N) is 1. The van der Waals surface area contributed by atoms with Crippen LogP contribution in [-0.4, -0.2) is 13.2 Å². The Hall–Kier alpha value is -1.94. The lowest BCUT2D eigenvalue weighted by Gasteiger charge is -2.09. The van der Waals surface area contributed by atoms with Crippen molar-refractivity contribution < 1.29 is 13.5 Å². The van der Waals surface area contributed by atoms with Gasteiger partial charge in [0.2, 0.25) is 0 Å². The van der Waals surface area contributed by atoms with Gasteiger partial charge in [0.25, 0.3) is 0 Å². The molecule has 0 aromatic heterocycles. The first-order chi connectivity index (χ1) is 10.2. The monoisotopic (exact) mass is 289 g/mol. The minimum Gasteiger partial charge on any atom is -0.497 e. The van der Waals surface area contributed by atoms with Gasteiger partial charge in [-0.05, 0) is 12.0 Å². The Labute approximate surface area is 122 Å². The van der Waals surface area contributed by atoms with E-state index >= 15 is 0 Å². The van der Waals surface area contributed by atoms with E-state index in [9.17, 15) is 8.78 Å². The fraction of sp³-hybridized carbons (Fsp3) is 0.294. The molecule has 0 unspecified atom stereocenters. The predicted octanol–water partition coefficient (Wildman–Crippen LogP) is 3.62. The van der Waals surface area contributed by atoms with Crippen molar-refractivity contribution >= 4 is 0 Å². The van der Waals surface area contributed by atoms with Gasteiger partial charge in [-0.1, -0.05) is 30.3 Å². The highest BCUT2D eigenvalue weighted by Crippen LogP contribution is 2.40. The average Bonchev–Trinajstić information content (AvgIpc) is 3.26. The molecule has 2 aromatic carbocycles. The van der Waals surface area contributed by atoms with Gasteiger partial charge in [-0.25, -0.2) is 8.78 Å². The standard InChI is InChI=1S/C17H17F2NO/c1-21-12-7-15(18)14(16(19)8-12)10-20-17-9-13(17)11-5-3-2-4-6-11/h2-8,13,17,20H,9-10H2,1H3/t13-,17+/m0/s1. The second kappa shape index (κ2) is 5.82. The lowest BCUT2D eigenvalue weighted by Crippen LogP contribution is -2.19. The summed E-state index contributed by atoms with van der Waals surface area (Å²) in [5.41, 5.74) is 1.33. The van der Waals surface area contributed by atoms with Crippen LogP contribution in [0.25, 0.3) is 0 Å². The number of ether oxygens (including phenoxy) is 1. The Bertz CT molecular complexity index is 607. The van der Waals surface area contributed by atoms with Gasteiger partial charge in [-0.15, -0.1) is 0 Å². The molecule has 0 amide bonds. The van der Waals surface area contributed by atoms with E-state index in [0.717, 1.165) is 6.42 Å². The molecule has 0 aliphatic heterocycles. The zero-order valence-corrected chi connectivity index (χ0v) is 11.8. The molecule has 1 aliphatic carbocycles. The van der Waals surface area contributed by atoms with Crippen LogP contribution in [0.1, 0.15) is 23.5 Å². The fourth-order valence-corrected chi connectivity index (χ4v) is 2.59. The summed E-state index contributed by atoms with van der Waals surface area (Å²) in [4.78, 5) is 0. The third-order valence-electron chi connectivity index (χ3n) is 3.91. The van der Waals surface area contributed by atoms with Crippen LogP contribution in [0.3, 0.4) is 0 Å². The molecule has 4 heteroatoms. The van der Waals surface area contributed by atoms with Crippen molar-refractivity contribution in [1.29, 1.82) is 0 Å². The summed E-state index contributed by atoms with van der Waals surface area (Å²) in [5, 5.41) is 3.22. The highest BCUT2D eigenvalue weighted by atomic mass is 19.1. The lowest BCUT2D eigenvalue weighted by molar-refractivity contribution is 0.404. The lowest BCUT2D eigenvalue weighted by atomic mass is 10.1. The molecular formula is C17H17F2NO. The van der Waals surface area contributed by atoms with Crippen LogP contribution in [-0.2, 0) is 6.54 Å². The van der Waals surface area contributed by atoms with Crippen molar-refractivity contribution in [3.05, 3.63) is 65.2 Å². The summed E-state index contributed by atoms with van der Waals surface area (Å²) in [7, 11) is 1.39. The quantitative estimate of drug-likeness (QED) is 0.907. The van der Waals surface area contributed by atoms with Gasteiger partial charge in [0.05, 0.1) is 7.11 Å². The minimum absolute atomic E-state index is 0.0644. The molecule has 1 N–H and O–H groups in total. The van der Waals surface area contributed by atoms with Crippen LogP contribution in [0.15, 0.2) is 42.5 Å². The molecule has 0 heterocycles. The van der Waals surface area contributed by atoms with E-state index in [4.69, 9.17) is 4.74 Å². The van der Waals surface area contributed by atoms with Crippen LogP contribution in [0.4, 0.5) is 8.78 Å². The number of hydrogen-bond donors (Lipinski definition) is 1. The highest BCUT2D eigenvalue weighted by molar-refractivity contribution is 5.31. The predicted molar refractivity (Wildman–Crippen MR) is 77.3 cm³/mol. The molecule has 2 aromatic rings. The van der Waals surface area contributed by atoms with Crippen LogP contribution >= 0.6 is 0 Å². The Balaban J connectivity index is 1.62. The maximum atomic E-state index is 13.8. The van der Waals surface area contributed by atoms with Crippen molar-refractivity contribution in [2.24, 2.45) is 0 Å². The molecule has 2 atom stereocenters. The van der Waals surface area contributed by atoms with E-state index in [2.05, 4.69) is 17.4 Å². The normalized spacial score (nSPS) is 20.3. The molecule has 0 bridgehead atoms. The van der Waals surface area contributed by atoms with Crippen LogP contribution in [0, 0.1) is 11.6 Å². The minimum atomic E-state index is -0.573. The van der Waals surface area contributed by atoms with E-state index in [0.29, 0.717) is 5.92 Å². The van der Waals surface area contributed by atoms with E-state index < -0.39 is 11.6 Å². The second-order valence-corrected chi connectivity index (χ2v) is 5.31. The first kappa shape index (κ1) is 14.0. The summed E-state index contributed by atoms with van der Waals surface area (Å²) in [6.07, 6.45) is 1.00. The Morgan fingerprint density at radius 1 is 1.14 bits per heavy atom. The van der Waals surface area contributed by atoms with Crippen LogP contribution < -0.4 is 10.1 Å². The molecule has 1 aliphatic rings. The molecule has 0 spiro atoms. The van der Waals surface area contributed by atoms with Gasteiger partial charge in [0.1, 0.15) is 17.4 Å². The number of benzene rings is 2. The first-order valence-electron chi connectivity index (χ1n) is 6.99. The molecule has 110 valence electrons. The molecule has 1 saturated carbocycles. The van der Waals surface area contributed by atoms with Gasteiger partial charge >= 0.3 is 0 Å². The zero-order chi connectivity index (χ0) is 14.8. The number of hydrogen-bond acceptors (Lipinski definition) is 2. The van der Waals surface area contributed by atoms with Gasteiger partial charge in [0, 0.05) is 36.2 Å². The summed E-state index contributed by atoms with van der Waals surface area (Å²) in [6, 6.07) is 12.9. The molecule has 3 rings (SSSR count). The Kier molecular flexibility index (Phi) is 3.88. The van der Waals surface area contributed by atoms with Gasteiger partial charge in [0.15, 0.2) is 0 Å². The van der Waals surface area contributed by atoms with Gasteiger partial charge < -0.3 is 10.1 Å². The van der Waals surface area contributed by atoms with Crippen molar-refractivity contribution in [3.8, 4) is 5.75 Å². The molecule has 0 radical (unpaired) electrons. The largest absolute Gasteiger partial charge is 0.497 e. The third kappa shape index (κ3) is 3.05. The van der Waals surface area contributed by atoms with Crippen LogP contribution in [0.5, 0.6) is 5.75 Å². The number of methoxy groups -OCH3 is 1. The van der Waals surface area contributed by atoms with E-state index in [1.54, 1.807) is 0 Å².